The topological polar surface area (TPSA) is 67.9 Å². The summed E-state index contributed by atoms with van der Waals surface area (Å²) >= 11 is 0. The highest BCUT2D eigenvalue weighted by molar-refractivity contribution is 5.89. The molecule has 1 aliphatic rings. The molecule has 1 fully saturated rings. The van der Waals surface area contributed by atoms with Crippen molar-refractivity contribution in [2.45, 2.75) is 19.4 Å². The van der Waals surface area contributed by atoms with Gasteiger partial charge in [-0.2, -0.15) is 0 Å². The highest BCUT2D eigenvalue weighted by Crippen LogP contribution is 2.21. The van der Waals surface area contributed by atoms with Crippen LogP contribution in [0.25, 0.3) is 0 Å². The Hall–Kier alpha value is -3.02. The van der Waals surface area contributed by atoms with Crippen molar-refractivity contribution in [1.29, 1.82) is 0 Å². The zero-order chi connectivity index (χ0) is 19.9. The number of nitrogens with zero attached hydrogens (tertiary/aromatic N) is 1. The van der Waals surface area contributed by atoms with Crippen molar-refractivity contribution in [1.82, 2.24) is 10.2 Å². The molecule has 0 spiro atoms. The molecule has 1 aliphatic heterocycles. The number of methoxy groups -OCH3 is 2. The molecule has 2 amide bonds. The van der Waals surface area contributed by atoms with Gasteiger partial charge in [0, 0.05) is 31.6 Å². The van der Waals surface area contributed by atoms with E-state index in [2.05, 4.69) is 5.32 Å². The predicted octanol–water partition coefficient (Wildman–Crippen LogP) is 2.41. The number of hydrogen-bond donors (Lipinski definition) is 1. The molecule has 1 N–H and O–H groups in total. The van der Waals surface area contributed by atoms with Crippen LogP contribution in [0.3, 0.4) is 0 Å². The Morgan fingerprint density at radius 3 is 2.57 bits per heavy atom. The van der Waals surface area contributed by atoms with Gasteiger partial charge in [-0.25, -0.2) is 0 Å². The van der Waals surface area contributed by atoms with Crippen LogP contribution in [0.4, 0.5) is 0 Å². The standard InChI is InChI=1S/C22H26N2O4/c1-27-19-9-7-16(8-10-19)11-12-24-15-18(13-21(24)25)22(26)23-14-17-5-3-4-6-20(17)28-2/h3-10,18H,11-15H2,1-2H3,(H,23,26). The van der Waals surface area contributed by atoms with E-state index in [9.17, 15) is 9.59 Å². The van der Waals surface area contributed by atoms with Crippen LogP contribution < -0.4 is 14.8 Å². The first-order valence-corrected chi connectivity index (χ1v) is 9.41. The summed E-state index contributed by atoms with van der Waals surface area (Å²) in [6.45, 7) is 1.47. The highest BCUT2D eigenvalue weighted by atomic mass is 16.5. The highest BCUT2D eigenvalue weighted by Gasteiger charge is 2.33. The Morgan fingerprint density at radius 1 is 1.11 bits per heavy atom. The molecule has 6 nitrogen and oxygen atoms in total. The molecule has 0 aliphatic carbocycles. The van der Waals surface area contributed by atoms with Crippen molar-refractivity contribution in [2.75, 3.05) is 27.3 Å². The van der Waals surface area contributed by atoms with Gasteiger partial charge in [-0.3, -0.25) is 9.59 Å². The van der Waals surface area contributed by atoms with Crippen LogP contribution in [-0.4, -0.2) is 44.0 Å². The minimum atomic E-state index is -0.307. The third kappa shape index (κ3) is 4.82. The minimum absolute atomic E-state index is 0.0333. The third-order valence-electron chi connectivity index (χ3n) is 5.06. The van der Waals surface area contributed by atoms with Crippen LogP contribution in [0.1, 0.15) is 17.5 Å². The van der Waals surface area contributed by atoms with Crippen molar-refractivity contribution >= 4 is 11.8 Å². The number of likely N-dealkylation sites (tertiary alicyclic amines) is 1. The largest absolute Gasteiger partial charge is 0.497 e. The molecule has 1 unspecified atom stereocenters. The summed E-state index contributed by atoms with van der Waals surface area (Å²) in [5.41, 5.74) is 2.05. The second-order valence-electron chi connectivity index (χ2n) is 6.87. The lowest BCUT2D eigenvalue weighted by molar-refractivity contribution is -0.129. The molecule has 28 heavy (non-hydrogen) atoms. The number of ether oxygens (including phenoxy) is 2. The van der Waals surface area contributed by atoms with E-state index < -0.39 is 0 Å². The molecular weight excluding hydrogens is 356 g/mol. The number of carbonyl (C=O) groups is 2. The number of rotatable bonds is 8. The average Bonchev–Trinajstić information content (AvgIpc) is 3.11. The zero-order valence-electron chi connectivity index (χ0n) is 16.3. The van der Waals surface area contributed by atoms with Gasteiger partial charge in [0.05, 0.1) is 20.1 Å². The lowest BCUT2D eigenvalue weighted by Crippen LogP contribution is -2.33. The fraction of sp³-hybridized carbons (Fsp3) is 0.364. The number of para-hydroxylation sites is 1. The molecule has 148 valence electrons. The Labute approximate surface area is 165 Å². The number of hydrogen-bond acceptors (Lipinski definition) is 4. The maximum atomic E-state index is 12.5. The molecule has 2 aromatic rings. The van der Waals surface area contributed by atoms with Crippen molar-refractivity contribution in [2.24, 2.45) is 5.92 Å². The van der Waals surface area contributed by atoms with E-state index >= 15 is 0 Å². The number of nitrogens with one attached hydrogen (secondary N) is 1. The molecule has 6 heteroatoms. The van der Waals surface area contributed by atoms with Crippen molar-refractivity contribution in [3.05, 3.63) is 59.7 Å². The van der Waals surface area contributed by atoms with Gasteiger partial charge in [0.1, 0.15) is 11.5 Å². The first-order chi connectivity index (χ1) is 13.6. The van der Waals surface area contributed by atoms with Crippen LogP contribution in [0.15, 0.2) is 48.5 Å². The summed E-state index contributed by atoms with van der Waals surface area (Å²) < 4.78 is 10.5. The molecule has 1 heterocycles. The lowest BCUT2D eigenvalue weighted by atomic mass is 10.1. The van der Waals surface area contributed by atoms with E-state index in [1.807, 2.05) is 48.5 Å². The van der Waals surface area contributed by atoms with E-state index in [0.29, 0.717) is 19.6 Å². The molecule has 1 atom stereocenters. The van der Waals surface area contributed by atoms with Crippen molar-refractivity contribution in [3.8, 4) is 11.5 Å². The zero-order valence-corrected chi connectivity index (χ0v) is 16.3. The normalized spacial score (nSPS) is 16.1. The van der Waals surface area contributed by atoms with Crippen molar-refractivity contribution < 1.29 is 19.1 Å². The fourth-order valence-corrected chi connectivity index (χ4v) is 3.40. The van der Waals surface area contributed by atoms with Crippen LogP contribution in [0.5, 0.6) is 11.5 Å². The van der Waals surface area contributed by atoms with E-state index in [0.717, 1.165) is 29.0 Å². The first kappa shape index (κ1) is 19.7. The quantitative estimate of drug-likeness (QED) is 0.761. The SMILES string of the molecule is COc1ccc(CCN2CC(C(=O)NCc3ccccc3OC)CC2=O)cc1. The third-order valence-corrected chi connectivity index (χ3v) is 5.06. The van der Waals surface area contributed by atoms with E-state index in [-0.39, 0.29) is 24.2 Å². The number of carbonyl (C=O) groups excluding carboxylic acids is 2. The second-order valence-corrected chi connectivity index (χ2v) is 6.87. The van der Waals surface area contributed by atoms with E-state index in [4.69, 9.17) is 9.47 Å². The molecule has 0 radical (unpaired) electrons. The molecule has 0 saturated carbocycles. The monoisotopic (exact) mass is 382 g/mol. The van der Waals surface area contributed by atoms with E-state index in [1.54, 1.807) is 19.1 Å². The molecule has 3 rings (SSSR count). The average molecular weight is 382 g/mol. The van der Waals surface area contributed by atoms with Crippen LogP contribution in [0.2, 0.25) is 0 Å². The Morgan fingerprint density at radius 2 is 1.86 bits per heavy atom. The van der Waals surface area contributed by atoms with Crippen molar-refractivity contribution in [3.63, 3.8) is 0 Å². The second kappa shape index (κ2) is 9.26. The molecule has 2 aromatic carbocycles. The first-order valence-electron chi connectivity index (χ1n) is 9.41. The van der Waals surface area contributed by atoms with Crippen LogP contribution in [0, 0.1) is 5.92 Å². The Balaban J connectivity index is 1.49. The van der Waals surface area contributed by atoms with Gasteiger partial charge in [-0.05, 0) is 30.2 Å². The maximum absolute atomic E-state index is 12.5. The van der Waals surface area contributed by atoms with Crippen LogP contribution in [-0.2, 0) is 22.6 Å². The lowest BCUT2D eigenvalue weighted by Gasteiger charge is -2.17. The van der Waals surface area contributed by atoms with Gasteiger partial charge < -0.3 is 19.7 Å². The Kier molecular flexibility index (Phi) is 6.53. The fourth-order valence-electron chi connectivity index (χ4n) is 3.40. The van der Waals surface area contributed by atoms with Gasteiger partial charge in [-0.1, -0.05) is 30.3 Å². The van der Waals surface area contributed by atoms with Crippen LogP contribution >= 0.6 is 0 Å². The summed E-state index contributed by atoms with van der Waals surface area (Å²) in [6, 6.07) is 15.4. The van der Waals surface area contributed by atoms with Gasteiger partial charge in [0.15, 0.2) is 0 Å². The number of benzene rings is 2. The summed E-state index contributed by atoms with van der Waals surface area (Å²) in [6.07, 6.45) is 1.02. The summed E-state index contributed by atoms with van der Waals surface area (Å²) in [5.74, 6) is 1.19. The molecular formula is C22H26N2O4. The predicted molar refractivity (Wildman–Crippen MR) is 106 cm³/mol. The molecule has 0 bridgehead atoms. The smallest absolute Gasteiger partial charge is 0.225 e. The minimum Gasteiger partial charge on any atom is -0.497 e. The number of amides is 2. The summed E-state index contributed by atoms with van der Waals surface area (Å²) in [7, 11) is 3.24. The van der Waals surface area contributed by atoms with Gasteiger partial charge in [0.2, 0.25) is 11.8 Å². The molecule has 0 aromatic heterocycles. The van der Waals surface area contributed by atoms with E-state index in [1.165, 1.54) is 0 Å². The Bertz CT molecular complexity index is 820. The summed E-state index contributed by atoms with van der Waals surface area (Å²) in [5, 5.41) is 2.93. The maximum Gasteiger partial charge on any atom is 0.225 e. The van der Waals surface area contributed by atoms with Gasteiger partial charge in [0.25, 0.3) is 0 Å². The summed E-state index contributed by atoms with van der Waals surface area (Å²) in [4.78, 5) is 26.6. The molecule has 1 saturated heterocycles. The van der Waals surface area contributed by atoms with Gasteiger partial charge in [-0.15, -0.1) is 0 Å². The van der Waals surface area contributed by atoms with Gasteiger partial charge >= 0.3 is 0 Å².